The van der Waals surface area contributed by atoms with Gasteiger partial charge in [0.15, 0.2) is 0 Å². The number of hydrogen-bond donors (Lipinski definition) is 3. The van der Waals surface area contributed by atoms with Crippen molar-refractivity contribution in [2.75, 3.05) is 25.0 Å². The van der Waals surface area contributed by atoms with Gasteiger partial charge < -0.3 is 20.4 Å². The smallest absolute Gasteiger partial charge is 0.336 e. The van der Waals surface area contributed by atoms with Gasteiger partial charge in [-0.2, -0.15) is 0 Å². The summed E-state index contributed by atoms with van der Waals surface area (Å²) in [6.45, 7) is 2.88. The quantitative estimate of drug-likeness (QED) is 0.782. The van der Waals surface area contributed by atoms with Crippen LogP contribution in [0.5, 0.6) is 0 Å². The summed E-state index contributed by atoms with van der Waals surface area (Å²) in [4.78, 5) is 24.8. The summed E-state index contributed by atoms with van der Waals surface area (Å²) >= 11 is 0. The van der Waals surface area contributed by atoms with Crippen molar-refractivity contribution in [2.24, 2.45) is 5.92 Å². The van der Waals surface area contributed by atoms with Crippen molar-refractivity contribution in [1.82, 2.24) is 4.90 Å². The minimum atomic E-state index is -1.01. The van der Waals surface area contributed by atoms with E-state index in [0.29, 0.717) is 24.3 Å². The zero-order chi connectivity index (χ0) is 14.7. The summed E-state index contributed by atoms with van der Waals surface area (Å²) in [7, 11) is 0. The van der Waals surface area contributed by atoms with E-state index in [1.165, 1.54) is 6.07 Å². The molecule has 0 spiro atoms. The highest BCUT2D eigenvalue weighted by Gasteiger charge is 2.26. The van der Waals surface area contributed by atoms with Crippen LogP contribution in [0.2, 0.25) is 0 Å². The topological polar surface area (TPSA) is 89.9 Å². The highest BCUT2D eigenvalue weighted by molar-refractivity contribution is 5.95. The van der Waals surface area contributed by atoms with E-state index < -0.39 is 5.97 Å². The maximum atomic E-state index is 12.1. The fraction of sp³-hybridized carbons (Fsp3) is 0.429. The van der Waals surface area contributed by atoms with E-state index in [1.807, 2.05) is 0 Å². The number of urea groups is 1. The molecule has 0 radical (unpaired) electrons. The fourth-order valence-corrected chi connectivity index (χ4v) is 2.36. The molecule has 0 bridgehead atoms. The maximum Gasteiger partial charge on any atom is 0.336 e. The number of carbonyl (C=O) groups excluding carboxylic acids is 1. The van der Waals surface area contributed by atoms with E-state index in [9.17, 15) is 9.59 Å². The second-order valence-electron chi connectivity index (χ2n) is 5.00. The van der Waals surface area contributed by atoms with Crippen LogP contribution in [0.4, 0.5) is 10.5 Å². The molecule has 1 aromatic carbocycles. The number of aliphatic hydroxyl groups is 1. The normalized spacial score (nSPS) is 18.1. The van der Waals surface area contributed by atoms with Gasteiger partial charge in [-0.25, -0.2) is 9.59 Å². The van der Waals surface area contributed by atoms with E-state index in [4.69, 9.17) is 10.2 Å². The second-order valence-corrected chi connectivity index (χ2v) is 5.00. The van der Waals surface area contributed by atoms with Crippen LogP contribution in [-0.2, 0) is 0 Å². The lowest BCUT2D eigenvalue weighted by molar-refractivity contribution is 0.0696. The van der Waals surface area contributed by atoms with Crippen molar-refractivity contribution in [2.45, 2.75) is 13.3 Å². The molecule has 6 nitrogen and oxygen atoms in total. The van der Waals surface area contributed by atoms with E-state index >= 15 is 0 Å². The number of carboxylic acid groups (broad SMARTS) is 1. The number of hydrogen-bond acceptors (Lipinski definition) is 3. The molecule has 1 atom stereocenters. The van der Waals surface area contributed by atoms with E-state index in [2.05, 4.69) is 5.32 Å². The molecule has 1 unspecified atom stereocenters. The summed E-state index contributed by atoms with van der Waals surface area (Å²) in [5.74, 6) is -0.882. The van der Waals surface area contributed by atoms with Crippen LogP contribution in [0, 0.1) is 12.8 Å². The van der Waals surface area contributed by atoms with Crippen LogP contribution < -0.4 is 5.32 Å². The van der Waals surface area contributed by atoms with Crippen LogP contribution in [-0.4, -0.2) is 46.8 Å². The molecule has 0 aliphatic carbocycles. The molecule has 1 fully saturated rings. The second kappa shape index (κ2) is 5.92. The molecule has 20 heavy (non-hydrogen) atoms. The van der Waals surface area contributed by atoms with E-state index in [1.54, 1.807) is 24.0 Å². The standard InChI is InChI=1S/C14H18N2O4/c1-9-11(13(18)19)3-2-4-12(9)15-14(20)16-6-5-10(7-16)8-17/h2-4,10,17H,5-8H2,1H3,(H,15,20)(H,18,19). The molecule has 3 N–H and O–H groups in total. The number of nitrogens with zero attached hydrogens (tertiary/aromatic N) is 1. The maximum absolute atomic E-state index is 12.1. The summed E-state index contributed by atoms with van der Waals surface area (Å²) in [6, 6.07) is 4.53. The van der Waals surface area contributed by atoms with Crippen LogP contribution >= 0.6 is 0 Å². The minimum absolute atomic E-state index is 0.0807. The number of benzene rings is 1. The number of likely N-dealkylation sites (tertiary alicyclic amines) is 1. The number of rotatable bonds is 3. The Morgan fingerprint density at radius 2 is 2.20 bits per heavy atom. The first-order chi connectivity index (χ1) is 9.52. The van der Waals surface area contributed by atoms with Crippen LogP contribution in [0.15, 0.2) is 18.2 Å². The first-order valence-electron chi connectivity index (χ1n) is 6.52. The monoisotopic (exact) mass is 278 g/mol. The Hall–Kier alpha value is -2.08. The molecule has 1 aliphatic heterocycles. The van der Waals surface area contributed by atoms with Crippen LogP contribution in [0.25, 0.3) is 0 Å². The highest BCUT2D eigenvalue weighted by Crippen LogP contribution is 2.21. The van der Waals surface area contributed by atoms with Crippen molar-refractivity contribution in [3.8, 4) is 0 Å². The molecule has 1 heterocycles. The van der Waals surface area contributed by atoms with Gasteiger partial charge in [0, 0.05) is 31.3 Å². The minimum Gasteiger partial charge on any atom is -0.478 e. The first kappa shape index (κ1) is 14.3. The average molecular weight is 278 g/mol. The van der Waals surface area contributed by atoms with Crippen molar-refractivity contribution in [1.29, 1.82) is 0 Å². The van der Waals surface area contributed by atoms with Crippen molar-refractivity contribution >= 4 is 17.7 Å². The average Bonchev–Trinajstić information content (AvgIpc) is 2.89. The van der Waals surface area contributed by atoms with Gasteiger partial charge >= 0.3 is 12.0 Å². The molecular weight excluding hydrogens is 260 g/mol. The lowest BCUT2D eigenvalue weighted by Crippen LogP contribution is -2.33. The molecule has 1 aliphatic rings. The number of anilines is 1. The Morgan fingerprint density at radius 1 is 1.45 bits per heavy atom. The molecular formula is C14H18N2O4. The summed E-state index contributed by atoms with van der Waals surface area (Å²) in [5, 5.41) is 20.9. The van der Waals surface area contributed by atoms with E-state index in [0.717, 1.165) is 6.42 Å². The predicted octanol–water partition coefficient (Wildman–Crippen LogP) is 1.54. The van der Waals surface area contributed by atoms with E-state index in [-0.39, 0.29) is 24.1 Å². The zero-order valence-electron chi connectivity index (χ0n) is 11.3. The first-order valence-corrected chi connectivity index (χ1v) is 6.52. The molecule has 0 saturated carbocycles. The Bertz CT molecular complexity index is 530. The zero-order valence-corrected chi connectivity index (χ0v) is 11.3. The number of amides is 2. The predicted molar refractivity (Wildman–Crippen MR) is 73.9 cm³/mol. The summed E-state index contributed by atoms with van der Waals surface area (Å²) in [6.07, 6.45) is 0.790. The lowest BCUT2D eigenvalue weighted by Gasteiger charge is -2.18. The number of aliphatic hydroxyl groups excluding tert-OH is 1. The summed E-state index contributed by atoms with van der Waals surface area (Å²) < 4.78 is 0. The fourth-order valence-electron chi connectivity index (χ4n) is 2.36. The number of aromatic carboxylic acids is 1. The number of carbonyl (C=O) groups is 2. The van der Waals surface area contributed by atoms with Crippen molar-refractivity contribution in [3.63, 3.8) is 0 Å². The molecule has 2 amide bonds. The molecule has 0 aromatic heterocycles. The van der Waals surface area contributed by atoms with Crippen LogP contribution in [0.3, 0.4) is 0 Å². The molecule has 6 heteroatoms. The molecule has 1 saturated heterocycles. The van der Waals surface area contributed by atoms with Crippen LogP contribution in [0.1, 0.15) is 22.3 Å². The van der Waals surface area contributed by atoms with Gasteiger partial charge in [0.25, 0.3) is 0 Å². The largest absolute Gasteiger partial charge is 0.478 e. The summed E-state index contributed by atoms with van der Waals surface area (Å²) in [5.41, 5.74) is 1.21. The Kier molecular flexibility index (Phi) is 4.24. The van der Waals surface area contributed by atoms with Crippen molar-refractivity contribution in [3.05, 3.63) is 29.3 Å². The van der Waals surface area contributed by atoms with Gasteiger partial charge in [-0.3, -0.25) is 0 Å². The molecule has 108 valence electrons. The van der Waals surface area contributed by atoms with Gasteiger partial charge in [-0.15, -0.1) is 0 Å². The SMILES string of the molecule is Cc1c(NC(=O)N2CCC(CO)C2)cccc1C(=O)O. The Balaban J connectivity index is 2.09. The third kappa shape index (κ3) is 2.91. The van der Waals surface area contributed by atoms with Gasteiger partial charge in [0.05, 0.1) is 5.56 Å². The van der Waals surface area contributed by atoms with Gasteiger partial charge in [0.1, 0.15) is 0 Å². The third-order valence-electron chi connectivity index (χ3n) is 3.64. The highest BCUT2D eigenvalue weighted by atomic mass is 16.4. The number of nitrogens with one attached hydrogen (secondary N) is 1. The number of carboxylic acids is 1. The van der Waals surface area contributed by atoms with Gasteiger partial charge in [-0.05, 0) is 31.0 Å². The third-order valence-corrected chi connectivity index (χ3v) is 3.64. The molecule has 2 rings (SSSR count). The lowest BCUT2D eigenvalue weighted by atomic mass is 10.1. The Morgan fingerprint density at radius 3 is 2.80 bits per heavy atom. The van der Waals surface area contributed by atoms with Gasteiger partial charge in [-0.1, -0.05) is 6.07 Å². The molecule has 1 aromatic rings. The van der Waals surface area contributed by atoms with Crippen molar-refractivity contribution < 1.29 is 19.8 Å². The Labute approximate surface area is 117 Å². The van der Waals surface area contributed by atoms with Gasteiger partial charge in [0.2, 0.25) is 0 Å².